The van der Waals surface area contributed by atoms with Gasteiger partial charge in [-0.1, -0.05) is 283 Å². The van der Waals surface area contributed by atoms with Gasteiger partial charge in [0.05, 0.1) is 25.2 Å². The molecule has 6 nitrogen and oxygen atoms in total. The molecule has 1 amide bonds. The van der Waals surface area contributed by atoms with Crippen molar-refractivity contribution in [2.45, 2.75) is 354 Å². The van der Waals surface area contributed by atoms with Crippen LogP contribution in [0.2, 0.25) is 0 Å². The molecule has 6 heteroatoms. The third kappa shape index (κ3) is 49.0. The van der Waals surface area contributed by atoms with Gasteiger partial charge in [-0.15, -0.1) is 0 Å². The molecule has 0 aliphatic rings. The SMILES string of the molecule is CCCCCC/C=C\CCCCCCCC(CC(=O)NC(CO)C(O)CCCCCCCCCCCCCCCCCCC)OC(=O)CCCCCCCCCCCCCCCCCCC. The van der Waals surface area contributed by atoms with Crippen molar-refractivity contribution in [3.05, 3.63) is 12.2 Å². The molecule has 0 aromatic carbocycles. The summed E-state index contributed by atoms with van der Waals surface area (Å²) in [7, 11) is 0. The summed E-state index contributed by atoms with van der Waals surface area (Å²) in [6.45, 7) is 6.52. The standard InChI is InChI=1S/C60H117NO5/c1-4-7-10-13-16-19-22-25-27-29-31-34-37-40-43-46-49-52-58(63)57(55-62)61-59(64)54-56(51-48-45-42-39-36-33-24-21-18-15-12-9-6-3)66-60(65)53-50-47-44-41-38-35-32-30-28-26-23-20-17-14-11-8-5-2/h21,24,56-58,62-63H,4-20,22-23,25-55H2,1-3H3,(H,61,64)/b24-21-. The van der Waals surface area contributed by atoms with Crippen LogP contribution in [0.1, 0.15) is 335 Å². The van der Waals surface area contributed by atoms with Crippen LogP contribution in [0.25, 0.3) is 0 Å². The number of carbonyl (C=O) groups is 2. The normalized spacial score (nSPS) is 13.1. The number of ether oxygens (including phenoxy) is 1. The van der Waals surface area contributed by atoms with Crippen LogP contribution in [-0.4, -0.2) is 46.9 Å². The van der Waals surface area contributed by atoms with Crippen molar-refractivity contribution in [3.8, 4) is 0 Å². The monoisotopic (exact) mass is 932 g/mol. The summed E-state index contributed by atoms with van der Waals surface area (Å²) in [6.07, 6.45) is 62.8. The third-order valence-electron chi connectivity index (χ3n) is 14.1. The van der Waals surface area contributed by atoms with Gasteiger partial charge in [0.25, 0.3) is 0 Å². The summed E-state index contributed by atoms with van der Waals surface area (Å²) in [5.74, 6) is -0.458. The molecule has 3 unspecified atom stereocenters. The van der Waals surface area contributed by atoms with Gasteiger partial charge in [0.15, 0.2) is 0 Å². The van der Waals surface area contributed by atoms with Crippen molar-refractivity contribution < 1.29 is 24.5 Å². The number of allylic oxidation sites excluding steroid dienone is 2. The predicted octanol–water partition coefficient (Wildman–Crippen LogP) is 18.5. The van der Waals surface area contributed by atoms with Crippen molar-refractivity contribution in [3.63, 3.8) is 0 Å². The number of amides is 1. The number of rotatable bonds is 55. The molecule has 0 rings (SSSR count). The first kappa shape index (κ1) is 64.6. The predicted molar refractivity (Wildman–Crippen MR) is 287 cm³/mol. The molecule has 0 aliphatic heterocycles. The molecule has 0 radical (unpaired) electrons. The fourth-order valence-corrected chi connectivity index (χ4v) is 9.55. The van der Waals surface area contributed by atoms with Gasteiger partial charge >= 0.3 is 5.97 Å². The van der Waals surface area contributed by atoms with Crippen LogP contribution < -0.4 is 5.32 Å². The Bertz CT molecular complexity index is 1000. The van der Waals surface area contributed by atoms with Crippen molar-refractivity contribution in [1.29, 1.82) is 0 Å². The number of esters is 1. The minimum atomic E-state index is -0.785. The van der Waals surface area contributed by atoms with E-state index in [4.69, 9.17) is 4.74 Å². The first-order valence-electron chi connectivity index (χ1n) is 29.9. The number of hydrogen-bond acceptors (Lipinski definition) is 5. The Labute approximate surface area is 412 Å². The number of aliphatic hydroxyl groups is 2. The number of aliphatic hydroxyl groups excluding tert-OH is 2. The molecule has 0 spiro atoms. The van der Waals surface area contributed by atoms with E-state index >= 15 is 0 Å². The molecule has 0 aromatic rings. The molecule has 3 N–H and O–H groups in total. The smallest absolute Gasteiger partial charge is 0.306 e. The van der Waals surface area contributed by atoms with Gasteiger partial charge in [-0.25, -0.2) is 0 Å². The maximum Gasteiger partial charge on any atom is 0.306 e. The highest BCUT2D eigenvalue weighted by atomic mass is 16.5. The summed E-state index contributed by atoms with van der Waals surface area (Å²) in [5, 5.41) is 23.9. The van der Waals surface area contributed by atoms with E-state index in [-0.39, 0.29) is 24.9 Å². The topological polar surface area (TPSA) is 95.9 Å². The third-order valence-corrected chi connectivity index (χ3v) is 14.1. The summed E-state index contributed by atoms with van der Waals surface area (Å²) < 4.78 is 5.97. The fourth-order valence-electron chi connectivity index (χ4n) is 9.55. The second-order valence-corrected chi connectivity index (χ2v) is 20.8. The van der Waals surface area contributed by atoms with E-state index in [1.807, 2.05) is 0 Å². The largest absolute Gasteiger partial charge is 0.462 e. The summed E-state index contributed by atoms with van der Waals surface area (Å²) in [6, 6.07) is -0.699. The fraction of sp³-hybridized carbons (Fsp3) is 0.933. The van der Waals surface area contributed by atoms with Crippen molar-refractivity contribution in [2.24, 2.45) is 0 Å². The number of carbonyl (C=O) groups excluding carboxylic acids is 2. The van der Waals surface area contributed by atoms with Crippen molar-refractivity contribution >= 4 is 11.9 Å². The van der Waals surface area contributed by atoms with Gasteiger partial charge in [-0.2, -0.15) is 0 Å². The van der Waals surface area contributed by atoms with E-state index in [2.05, 4.69) is 38.2 Å². The zero-order valence-electron chi connectivity index (χ0n) is 44.9. The highest BCUT2D eigenvalue weighted by Crippen LogP contribution is 2.19. The minimum Gasteiger partial charge on any atom is -0.462 e. The lowest BCUT2D eigenvalue weighted by Crippen LogP contribution is -2.46. The molecular weight excluding hydrogens is 815 g/mol. The van der Waals surface area contributed by atoms with E-state index in [1.54, 1.807) is 0 Å². The van der Waals surface area contributed by atoms with Crippen molar-refractivity contribution in [2.75, 3.05) is 6.61 Å². The second-order valence-electron chi connectivity index (χ2n) is 20.8. The molecule has 3 atom stereocenters. The maximum absolute atomic E-state index is 13.3. The summed E-state index contributed by atoms with van der Waals surface area (Å²) >= 11 is 0. The van der Waals surface area contributed by atoms with Crippen LogP contribution in [0, 0.1) is 0 Å². The van der Waals surface area contributed by atoms with Gasteiger partial charge in [0, 0.05) is 6.42 Å². The lowest BCUT2D eigenvalue weighted by Gasteiger charge is -2.24. The molecule has 0 saturated heterocycles. The molecule has 0 aliphatic carbocycles. The summed E-state index contributed by atoms with van der Waals surface area (Å²) in [5.41, 5.74) is 0. The van der Waals surface area contributed by atoms with Gasteiger partial charge in [-0.05, 0) is 51.4 Å². The number of nitrogens with one attached hydrogen (secondary N) is 1. The molecular formula is C60H117NO5. The zero-order chi connectivity index (χ0) is 48.1. The molecule has 0 saturated carbocycles. The molecule has 66 heavy (non-hydrogen) atoms. The Balaban J connectivity index is 4.45. The molecule has 392 valence electrons. The second kappa shape index (κ2) is 54.5. The molecule has 0 heterocycles. The maximum atomic E-state index is 13.3. The minimum absolute atomic E-state index is 0.0795. The molecule has 0 fully saturated rings. The average molecular weight is 933 g/mol. The average Bonchev–Trinajstić information content (AvgIpc) is 3.31. The quantitative estimate of drug-likeness (QED) is 0.0321. The highest BCUT2D eigenvalue weighted by Gasteiger charge is 2.24. The van der Waals surface area contributed by atoms with E-state index < -0.39 is 18.2 Å². The Kier molecular flexibility index (Phi) is 53.4. The highest BCUT2D eigenvalue weighted by molar-refractivity contribution is 5.77. The van der Waals surface area contributed by atoms with E-state index in [0.717, 1.165) is 57.8 Å². The Morgan fingerprint density at radius 2 is 0.727 bits per heavy atom. The van der Waals surface area contributed by atoms with E-state index in [9.17, 15) is 19.8 Å². The van der Waals surface area contributed by atoms with Gasteiger partial charge in [0.2, 0.25) is 5.91 Å². The Morgan fingerprint density at radius 3 is 1.09 bits per heavy atom. The first-order valence-corrected chi connectivity index (χ1v) is 29.9. The first-order chi connectivity index (χ1) is 32.5. The van der Waals surface area contributed by atoms with Gasteiger partial charge in [-0.3, -0.25) is 9.59 Å². The van der Waals surface area contributed by atoms with Crippen LogP contribution >= 0.6 is 0 Å². The number of hydrogen-bond donors (Lipinski definition) is 3. The van der Waals surface area contributed by atoms with Crippen LogP contribution in [0.5, 0.6) is 0 Å². The van der Waals surface area contributed by atoms with Crippen molar-refractivity contribution in [1.82, 2.24) is 5.32 Å². The number of unbranched alkanes of at least 4 members (excludes halogenated alkanes) is 41. The molecule has 0 aromatic heterocycles. The Hall–Kier alpha value is -1.40. The lowest BCUT2D eigenvalue weighted by atomic mass is 10.0. The van der Waals surface area contributed by atoms with Crippen LogP contribution in [0.4, 0.5) is 0 Å². The lowest BCUT2D eigenvalue weighted by molar-refractivity contribution is -0.151. The summed E-state index contributed by atoms with van der Waals surface area (Å²) in [4.78, 5) is 26.3. The zero-order valence-corrected chi connectivity index (χ0v) is 44.9. The van der Waals surface area contributed by atoms with E-state index in [0.29, 0.717) is 19.3 Å². The Morgan fingerprint density at radius 1 is 0.424 bits per heavy atom. The van der Waals surface area contributed by atoms with Crippen LogP contribution in [-0.2, 0) is 14.3 Å². The van der Waals surface area contributed by atoms with Gasteiger partial charge < -0.3 is 20.3 Å². The van der Waals surface area contributed by atoms with Crippen LogP contribution in [0.3, 0.4) is 0 Å². The molecule has 0 bridgehead atoms. The van der Waals surface area contributed by atoms with E-state index in [1.165, 1.54) is 231 Å². The van der Waals surface area contributed by atoms with Crippen LogP contribution in [0.15, 0.2) is 12.2 Å². The van der Waals surface area contributed by atoms with Gasteiger partial charge in [0.1, 0.15) is 6.10 Å².